The number of rotatable bonds is 6. The summed E-state index contributed by atoms with van der Waals surface area (Å²) in [7, 11) is 4.10. The molecule has 1 fully saturated rings. The molecule has 0 saturated carbocycles. The number of urea groups is 1. The molecule has 2 amide bonds. The maximum atomic E-state index is 13.0. The molecule has 0 spiro atoms. The Morgan fingerprint density at radius 3 is 3.05 bits per heavy atom. The highest BCUT2D eigenvalue weighted by molar-refractivity contribution is 5.74. The van der Waals surface area contributed by atoms with Gasteiger partial charge in [0.25, 0.3) is 0 Å². The number of hydrogen-bond donors (Lipinski definition) is 1. The molecule has 0 aliphatic carbocycles. The van der Waals surface area contributed by atoms with Gasteiger partial charge >= 0.3 is 6.03 Å². The summed E-state index contributed by atoms with van der Waals surface area (Å²) in [5, 5.41) is 2.84. The first-order chi connectivity index (χ1) is 10.5. The maximum absolute atomic E-state index is 13.0. The molecule has 122 valence electrons. The fourth-order valence-electron chi connectivity index (χ4n) is 2.68. The molecular weight excluding hydrogens is 285 g/mol. The van der Waals surface area contributed by atoms with E-state index in [2.05, 4.69) is 10.2 Å². The van der Waals surface area contributed by atoms with Crippen LogP contribution in [0.25, 0.3) is 0 Å². The van der Waals surface area contributed by atoms with Gasteiger partial charge in [0.2, 0.25) is 0 Å². The van der Waals surface area contributed by atoms with Gasteiger partial charge in [0.15, 0.2) is 0 Å². The van der Waals surface area contributed by atoms with Gasteiger partial charge in [0.05, 0.1) is 6.54 Å². The highest BCUT2D eigenvalue weighted by atomic mass is 19.1. The predicted octanol–water partition coefficient (Wildman–Crippen LogP) is 1.80. The minimum Gasteiger partial charge on any atom is -0.492 e. The van der Waals surface area contributed by atoms with Crippen molar-refractivity contribution < 1.29 is 13.9 Å². The van der Waals surface area contributed by atoms with E-state index < -0.39 is 0 Å². The van der Waals surface area contributed by atoms with Crippen molar-refractivity contribution in [3.63, 3.8) is 0 Å². The second kappa shape index (κ2) is 7.98. The Kier molecular flexibility index (Phi) is 6.00. The summed E-state index contributed by atoms with van der Waals surface area (Å²) >= 11 is 0. The standard InChI is InChI=1S/C16H24FN3O2/c1-19(2)11-13-6-8-20(12-13)16(21)18-7-9-22-15-5-3-4-14(17)10-15/h3-5,10,13H,6-9,11-12H2,1-2H3,(H,18,21). The number of ether oxygens (including phenoxy) is 1. The molecule has 2 rings (SSSR count). The van der Waals surface area contributed by atoms with E-state index >= 15 is 0 Å². The number of carbonyl (C=O) groups excluding carboxylic acids is 1. The Labute approximate surface area is 131 Å². The molecule has 1 aliphatic rings. The van der Waals surface area contributed by atoms with Gasteiger partial charge in [0.1, 0.15) is 18.2 Å². The quantitative estimate of drug-likeness (QED) is 0.815. The molecule has 0 aromatic heterocycles. The molecule has 1 aliphatic heterocycles. The molecule has 0 bridgehead atoms. The SMILES string of the molecule is CN(C)CC1CCN(C(=O)NCCOc2cccc(F)c2)C1. The van der Waals surface area contributed by atoms with Crippen molar-refractivity contribution in [1.29, 1.82) is 0 Å². The van der Waals surface area contributed by atoms with Crippen LogP contribution in [-0.2, 0) is 0 Å². The summed E-state index contributed by atoms with van der Waals surface area (Å²) in [5.41, 5.74) is 0. The van der Waals surface area contributed by atoms with E-state index in [-0.39, 0.29) is 11.8 Å². The van der Waals surface area contributed by atoms with Crippen LogP contribution in [0.2, 0.25) is 0 Å². The van der Waals surface area contributed by atoms with Gasteiger partial charge in [-0.1, -0.05) is 6.07 Å². The first-order valence-corrected chi connectivity index (χ1v) is 7.60. The average molecular weight is 309 g/mol. The van der Waals surface area contributed by atoms with Crippen molar-refractivity contribution in [2.75, 3.05) is 46.9 Å². The van der Waals surface area contributed by atoms with Crippen LogP contribution in [-0.4, -0.2) is 62.7 Å². The molecule has 1 aromatic rings. The minimum atomic E-state index is -0.328. The molecule has 1 aromatic carbocycles. The van der Waals surface area contributed by atoms with Crippen LogP contribution in [0.4, 0.5) is 9.18 Å². The number of halogens is 1. The van der Waals surface area contributed by atoms with Crippen molar-refractivity contribution in [2.24, 2.45) is 5.92 Å². The maximum Gasteiger partial charge on any atom is 0.317 e. The number of amides is 2. The van der Waals surface area contributed by atoms with Crippen molar-refractivity contribution in [2.45, 2.75) is 6.42 Å². The van der Waals surface area contributed by atoms with Gasteiger partial charge < -0.3 is 19.9 Å². The average Bonchev–Trinajstić information content (AvgIpc) is 2.91. The number of likely N-dealkylation sites (tertiary alicyclic amines) is 1. The second-order valence-corrected chi connectivity index (χ2v) is 5.90. The molecular formula is C16H24FN3O2. The van der Waals surface area contributed by atoms with Crippen LogP contribution in [0.3, 0.4) is 0 Å². The van der Waals surface area contributed by atoms with Crippen molar-refractivity contribution in [1.82, 2.24) is 15.1 Å². The Hall–Kier alpha value is -1.82. The number of nitrogens with one attached hydrogen (secondary N) is 1. The molecule has 22 heavy (non-hydrogen) atoms. The van der Waals surface area contributed by atoms with Crippen molar-refractivity contribution >= 4 is 6.03 Å². The highest BCUT2D eigenvalue weighted by Crippen LogP contribution is 2.16. The van der Waals surface area contributed by atoms with Gasteiger partial charge in [-0.25, -0.2) is 9.18 Å². The molecule has 1 saturated heterocycles. The Balaban J connectivity index is 1.64. The van der Waals surface area contributed by atoms with Crippen LogP contribution in [0.5, 0.6) is 5.75 Å². The number of benzene rings is 1. The zero-order valence-corrected chi connectivity index (χ0v) is 13.2. The number of hydrogen-bond acceptors (Lipinski definition) is 3. The third-order valence-electron chi connectivity index (χ3n) is 3.64. The van der Waals surface area contributed by atoms with Crippen LogP contribution in [0, 0.1) is 11.7 Å². The van der Waals surface area contributed by atoms with Gasteiger partial charge in [-0.3, -0.25) is 0 Å². The summed E-state index contributed by atoms with van der Waals surface area (Å²) in [6, 6.07) is 5.93. The van der Waals surface area contributed by atoms with E-state index in [1.807, 2.05) is 19.0 Å². The summed E-state index contributed by atoms with van der Waals surface area (Å²) < 4.78 is 18.4. The number of nitrogens with zero attached hydrogens (tertiary/aromatic N) is 2. The fourth-order valence-corrected chi connectivity index (χ4v) is 2.68. The zero-order valence-electron chi connectivity index (χ0n) is 13.2. The molecule has 1 atom stereocenters. The van der Waals surface area contributed by atoms with Crippen LogP contribution in [0.15, 0.2) is 24.3 Å². The third kappa shape index (κ3) is 5.18. The molecule has 5 nitrogen and oxygen atoms in total. The highest BCUT2D eigenvalue weighted by Gasteiger charge is 2.26. The lowest BCUT2D eigenvalue weighted by Gasteiger charge is -2.19. The summed E-state index contributed by atoms with van der Waals surface area (Å²) in [4.78, 5) is 16.0. The monoisotopic (exact) mass is 309 g/mol. The van der Waals surface area contributed by atoms with Crippen LogP contribution in [0.1, 0.15) is 6.42 Å². The number of carbonyl (C=O) groups is 1. The summed E-state index contributed by atoms with van der Waals surface area (Å²) in [6.45, 7) is 3.34. The molecule has 6 heteroatoms. The topological polar surface area (TPSA) is 44.8 Å². The predicted molar refractivity (Wildman–Crippen MR) is 83.5 cm³/mol. The molecule has 1 N–H and O–H groups in total. The van der Waals surface area contributed by atoms with Gasteiger partial charge in [0, 0.05) is 25.7 Å². The largest absolute Gasteiger partial charge is 0.492 e. The Bertz CT molecular complexity index is 496. The second-order valence-electron chi connectivity index (χ2n) is 5.90. The normalized spacial score (nSPS) is 17.8. The van der Waals surface area contributed by atoms with E-state index in [1.165, 1.54) is 12.1 Å². The van der Waals surface area contributed by atoms with Crippen LogP contribution < -0.4 is 10.1 Å². The van der Waals surface area contributed by atoms with E-state index in [0.717, 1.165) is 26.1 Å². The first kappa shape index (κ1) is 16.5. The zero-order chi connectivity index (χ0) is 15.9. The van der Waals surface area contributed by atoms with Crippen molar-refractivity contribution in [3.8, 4) is 5.75 Å². The Morgan fingerprint density at radius 1 is 1.50 bits per heavy atom. The van der Waals surface area contributed by atoms with Gasteiger partial charge in [-0.15, -0.1) is 0 Å². The lowest BCUT2D eigenvalue weighted by molar-refractivity contribution is 0.202. The molecule has 1 heterocycles. The van der Waals surface area contributed by atoms with E-state index in [1.54, 1.807) is 12.1 Å². The third-order valence-corrected chi connectivity index (χ3v) is 3.64. The van der Waals surface area contributed by atoms with Gasteiger partial charge in [-0.05, 0) is 38.6 Å². The van der Waals surface area contributed by atoms with E-state index in [0.29, 0.717) is 24.8 Å². The Morgan fingerprint density at radius 2 is 2.32 bits per heavy atom. The minimum absolute atomic E-state index is 0.0518. The molecule has 1 unspecified atom stereocenters. The van der Waals surface area contributed by atoms with Gasteiger partial charge in [-0.2, -0.15) is 0 Å². The van der Waals surface area contributed by atoms with E-state index in [9.17, 15) is 9.18 Å². The molecule has 0 radical (unpaired) electrons. The summed E-state index contributed by atoms with van der Waals surface area (Å²) in [5.74, 6) is 0.691. The fraction of sp³-hybridized carbons (Fsp3) is 0.562. The lowest BCUT2D eigenvalue weighted by Crippen LogP contribution is -2.40. The van der Waals surface area contributed by atoms with Crippen LogP contribution >= 0.6 is 0 Å². The summed E-state index contributed by atoms with van der Waals surface area (Å²) in [6.07, 6.45) is 1.05. The smallest absolute Gasteiger partial charge is 0.317 e. The lowest BCUT2D eigenvalue weighted by atomic mass is 10.1. The first-order valence-electron chi connectivity index (χ1n) is 7.60. The van der Waals surface area contributed by atoms with Crippen molar-refractivity contribution in [3.05, 3.63) is 30.1 Å². The van der Waals surface area contributed by atoms with E-state index in [4.69, 9.17) is 4.74 Å².